The van der Waals surface area contributed by atoms with Gasteiger partial charge in [-0.1, -0.05) is 6.92 Å². The second-order valence-electron chi connectivity index (χ2n) is 5.28. The molecule has 0 radical (unpaired) electrons. The van der Waals surface area contributed by atoms with Gasteiger partial charge in [-0.15, -0.1) is 0 Å². The lowest BCUT2D eigenvalue weighted by Gasteiger charge is -2.32. The Labute approximate surface area is 117 Å². The third kappa shape index (κ3) is 2.11. The molecule has 106 valence electrons. The molecule has 0 saturated carbocycles. The van der Waals surface area contributed by atoms with Gasteiger partial charge in [0.1, 0.15) is 17.8 Å². The molecule has 3 N–H and O–H groups in total. The first kappa shape index (κ1) is 12.9. The number of nitrogens with two attached hydrogens (primary N) is 1. The lowest BCUT2D eigenvalue weighted by molar-refractivity contribution is -0.122. The number of H-pyrrole nitrogens is 1. The van der Waals surface area contributed by atoms with Gasteiger partial charge in [-0.05, 0) is 24.8 Å². The first-order chi connectivity index (χ1) is 9.70. The van der Waals surface area contributed by atoms with Gasteiger partial charge in [0.25, 0.3) is 0 Å². The molecule has 0 spiro atoms. The zero-order chi connectivity index (χ0) is 14.1. The number of carbonyl (C=O) groups excluding carboxylic acids is 1. The smallest absolute Gasteiger partial charge is 0.222 e. The largest absolute Gasteiger partial charge is 0.369 e. The number of piperidine rings is 1. The molecule has 6 heteroatoms. The highest BCUT2D eigenvalue weighted by Crippen LogP contribution is 2.29. The molecule has 1 amide bonds. The number of aromatic amines is 1. The molecule has 0 aromatic carbocycles. The van der Waals surface area contributed by atoms with Crippen LogP contribution in [0.4, 0.5) is 5.82 Å². The number of primary amides is 1. The van der Waals surface area contributed by atoms with Crippen molar-refractivity contribution < 1.29 is 4.79 Å². The third-order valence-corrected chi connectivity index (χ3v) is 4.04. The average Bonchev–Trinajstić information content (AvgIpc) is 2.90. The summed E-state index contributed by atoms with van der Waals surface area (Å²) < 4.78 is 0. The van der Waals surface area contributed by atoms with Crippen molar-refractivity contribution in [2.75, 3.05) is 18.0 Å². The van der Waals surface area contributed by atoms with E-state index in [0.717, 1.165) is 42.7 Å². The molecule has 1 atom stereocenters. The fourth-order valence-corrected chi connectivity index (χ4v) is 2.93. The number of amides is 1. The van der Waals surface area contributed by atoms with Gasteiger partial charge in [0.2, 0.25) is 5.91 Å². The Morgan fingerprint density at radius 2 is 2.40 bits per heavy atom. The van der Waals surface area contributed by atoms with Crippen LogP contribution in [0.3, 0.4) is 0 Å². The Kier molecular flexibility index (Phi) is 3.30. The van der Waals surface area contributed by atoms with Crippen LogP contribution in [0.5, 0.6) is 0 Å². The summed E-state index contributed by atoms with van der Waals surface area (Å²) in [6, 6.07) is 0. The zero-order valence-corrected chi connectivity index (χ0v) is 11.6. The predicted molar refractivity (Wildman–Crippen MR) is 77.4 cm³/mol. The van der Waals surface area contributed by atoms with E-state index >= 15 is 0 Å². The molecule has 3 rings (SSSR count). The number of fused-ring (bicyclic) bond motifs is 1. The van der Waals surface area contributed by atoms with Crippen LogP contribution < -0.4 is 10.6 Å². The molecule has 0 unspecified atom stereocenters. The minimum Gasteiger partial charge on any atom is -0.369 e. The number of aromatic nitrogens is 3. The highest BCUT2D eigenvalue weighted by Gasteiger charge is 2.26. The normalized spacial score (nSPS) is 19.4. The summed E-state index contributed by atoms with van der Waals surface area (Å²) in [7, 11) is 0. The molecular formula is C14H19N5O. The van der Waals surface area contributed by atoms with Crippen molar-refractivity contribution >= 4 is 22.8 Å². The molecule has 1 saturated heterocycles. The molecule has 0 aliphatic carbocycles. The number of nitrogens with one attached hydrogen (secondary N) is 1. The van der Waals surface area contributed by atoms with E-state index in [9.17, 15) is 4.79 Å². The van der Waals surface area contributed by atoms with Gasteiger partial charge in [-0.2, -0.15) is 0 Å². The average molecular weight is 273 g/mol. The number of aryl methyl sites for hydroxylation is 1. The maximum Gasteiger partial charge on any atom is 0.222 e. The maximum absolute atomic E-state index is 11.4. The van der Waals surface area contributed by atoms with E-state index in [2.05, 4.69) is 26.8 Å². The van der Waals surface area contributed by atoms with Crippen LogP contribution in [0, 0.1) is 5.92 Å². The first-order valence-corrected chi connectivity index (χ1v) is 7.06. The van der Waals surface area contributed by atoms with Crippen LogP contribution >= 0.6 is 0 Å². The fourth-order valence-electron chi connectivity index (χ4n) is 2.93. The second kappa shape index (κ2) is 5.11. The molecule has 2 aromatic heterocycles. The Balaban J connectivity index is 2.01. The molecular weight excluding hydrogens is 254 g/mol. The quantitative estimate of drug-likeness (QED) is 0.880. The topological polar surface area (TPSA) is 87.9 Å². The number of hydrogen-bond acceptors (Lipinski definition) is 4. The summed E-state index contributed by atoms with van der Waals surface area (Å²) in [6.07, 6.45) is 6.31. The van der Waals surface area contributed by atoms with Crippen LogP contribution in [0.15, 0.2) is 12.5 Å². The maximum atomic E-state index is 11.4. The highest BCUT2D eigenvalue weighted by atomic mass is 16.1. The third-order valence-electron chi connectivity index (χ3n) is 4.04. The highest BCUT2D eigenvalue weighted by molar-refractivity contribution is 5.91. The molecule has 6 nitrogen and oxygen atoms in total. The lowest BCUT2D eigenvalue weighted by atomic mass is 9.97. The summed E-state index contributed by atoms with van der Waals surface area (Å²) in [4.78, 5) is 25.5. The van der Waals surface area contributed by atoms with E-state index in [1.807, 2.05) is 6.20 Å². The first-order valence-electron chi connectivity index (χ1n) is 7.06. The summed E-state index contributed by atoms with van der Waals surface area (Å²) in [5, 5.41) is 1.07. The molecule has 2 aromatic rings. The van der Waals surface area contributed by atoms with Crippen LogP contribution in [0.25, 0.3) is 11.0 Å². The van der Waals surface area contributed by atoms with E-state index in [1.165, 1.54) is 5.56 Å². The Morgan fingerprint density at radius 1 is 1.55 bits per heavy atom. The van der Waals surface area contributed by atoms with E-state index in [0.29, 0.717) is 6.54 Å². The zero-order valence-electron chi connectivity index (χ0n) is 11.6. The fraction of sp³-hybridized carbons (Fsp3) is 0.500. The van der Waals surface area contributed by atoms with Gasteiger partial charge in [0.05, 0.1) is 11.3 Å². The molecule has 0 bridgehead atoms. The predicted octanol–water partition coefficient (Wildman–Crippen LogP) is 1.22. The molecule has 1 aliphatic rings. The number of anilines is 1. The summed E-state index contributed by atoms with van der Waals surface area (Å²) in [5.41, 5.74) is 7.51. The number of nitrogens with zero attached hydrogens (tertiary/aromatic N) is 3. The van der Waals surface area contributed by atoms with Crippen molar-refractivity contribution in [1.82, 2.24) is 15.0 Å². The van der Waals surface area contributed by atoms with E-state index in [4.69, 9.17) is 5.73 Å². The number of rotatable bonds is 3. The van der Waals surface area contributed by atoms with Crippen molar-refractivity contribution in [3.05, 3.63) is 18.1 Å². The Hall–Kier alpha value is -2.11. The van der Waals surface area contributed by atoms with Gasteiger partial charge in [-0.25, -0.2) is 9.97 Å². The SMILES string of the molecule is CCc1c[nH]c2ncnc(N3CCC[C@H](C(N)=O)C3)c12. The van der Waals surface area contributed by atoms with E-state index < -0.39 is 0 Å². The van der Waals surface area contributed by atoms with Crippen molar-refractivity contribution in [3.8, 4) is 0 Å². The van der Waals surface area contributed by atoms with Gasteiger partial charge in [0.15, 0.2) is 0 Å². The molecule has 1 aliphatic heterocycles. The standard InChI is InChI=1S/C14H19N5O/c1-2-9-6-16-13-11(9)14(18-8-17-13)19-5-3-4-10(7-19)12(15)20/h6,8,10H,2-5,7H2,1H3,(H2,15,20)(H,16,17,18)/t10-/m0/s1. The molecule has 1 fully saturated rings. The van der Waals surface area contributed by atoms with E-state index in [1.54, 1.807) is 6.33 Å². The van der Waals surface area contributed by atoms with Gasteiger partial charge < -0.3 is 15.6 Å². The summed E-state index contributed by atoms with van der Waals surface area (Å²) >= 11 is 0. The van der Waals surface area contributed by atoms with Crippen LogP contribution in [-0.2, 0) is 11.2 Å². The molecule has 3 heterocycles. The minimum absolute atomic E-state index is 0.0854. The van der Waals surface area contributed by atoms with Crippen molar-refractivity contribution in [2.24, 2.45) is 11.7 Å². The summed E-state index contributed by atoms with van der Waals surface area (Å²) in [5.74, 6) is 0.613. The van der Waals surface area contributed by atoms with Crippen molar-refractivity contribution in [3.63, 3.8) is 0 Å². The van der Waals surface area contributed by atoms with Gasteiger partial charge in [-0.3, -0.25) is 4.79 Å². The number of hydrogen-bond donors (Lipinski definition) is 2. The van der Waals surface area contributed by atoms with Crippen molar-refractivity contribution in [2.45, 2.75) is 26.2 Å². The van der Waals surface area contributed by atoms with Crippen molar-refractivity contribution in [1.29, 1.82) is 0 Å². The van der Waals surface area contributed by atoms with Gasteiger partial charge in [0, 0.05) is 19.3 Å². The van der Waals surface area contributed by atoms with Crippen LogP contribution in [-0.4, -0.2) is 33.9 Å². The van der Waals surface area contributed by atoms with Crippen LogP contribution in [0.1, 0.15) is 25.3 Å². The second-order valence-corrected chi connectivity index (χ2v) is 5.28. The molecule has 20 heavy (non-hydrogen) atoms. The Morgan fingerprint density at radius 3 is 3.15 bits per heavy atom. The lowest BCUT2D eigenvalue weighted by Crippen LogP contribution is -2.41. The minimum atomic E-state index is -0.218. The van der Waals surface area contributed by atoms with E-state index in [-0.39, 0.29) is 11.8 Å². The summed E-state index contributed by atoms with van der Waals surface area (Å²) in [6.45, 7) is 3.67. The van der Waals surface area contributed by atoms with Gasteiger partial charge >= 0.3 is 0 Å². The monoisotopic (exact) mass is 273 g/mol. The van der Waals surface area contributed by atoms with Crippen LogP contribution in [0.2, 0.25) is 0 Å². The Bertz CT molecular complexity index is 636. The number of carbonyl (C=O) groups is 1.